The summed E-state index contributed by atoms with van der Waals surface area (Å²) in [6.07, 6.45) is 0. The lowest BCUT2D eigenvalue weighted by Gasteiger charge is -2.13. The van der Waals surface area contributed by atoms with Gasteiger partial charge in [-0.3, -0.25) is 10.1 Å². The number of ether oxygens (including phenoxy) is 1. The first-order valence-electron chi connectivity index (χ1n) is 6.56. The van der Waals surface area contributed by atoms with Crippen LogP contribution < -0.4 is 4.74 Å². The van der Waals surface area contributed by atoms with Gasteiger partial charge in [-0.2, -0.15) is 0 Å². The van der Waals surface area contributed by atoms with E-state index < -0.39 is 4.92 Å². The molecule has 0 aliphatic carbocycles. The molecule has 0 atom stereocenters. The van der Waals surface area contributed by atoms with Crippen molar-refractivity contribution in [2.24, 2.45) is 0 Å². The highest BCUT2D eigenvalue weighted by Gasteiger charge is 2.15. The number of nitro benzene ring substituents is 1. The molecular formula is C16H17NO4. The van der Waals surface area contributed by atoms with Crippen LogP contribution in [0.3, 0.4) is 0 Å². The third kappa shape index (κ3) is 3.20. The molecule has 2 aromatic rings. The van der Waals surface area contributed by atoms with Gasteiger partial charge in [-0.05, 0) is 38.5 Å². The van der Waals surface area contributed by atoms with Crippen LogP contribution in [0.4, 0.5) is 5.69 Å². The Kier molecular flexibility index (Phi) is 4.23. The Hall–Kier alpha value is -2.40. The summed E-state index contributed by atoms with van der Waals surface area (Å²) in [5.41, 5.74) is 3.09. The number of nitrogens with zero attached hydrogens (tertiary/aromatic N) is 1. The molecule has 0 saturated carbocycles. The first-order valence-corrected chi connectivity index (χ1v) is 6.56. The Bertz CT molecular complexity index is 695. The largest absolute Gasteiger partial charge is 0.456 e. The van der Waals surface area contributed by atoms with E-state index in [0.29, 0.717) is 22.6 Å². The van der Waals surface area contributed by atoms with E-state index in [0.717, 1.165) is 11.1 Å². The molecule has 21 heavy (non-hydrogen) atoms. The van der Waals surface area contributed by atoms with Crippen molar-refractivity contribution in [2.75, 3.05) is 0 Å². The van der Waals surface area contributed by atoms with Crippen LogP contribution >= 0.6 is 0 Å². The minimum absolute atomic E-state index is 0.0215. The minimum Gasteiger partial charge on any atom is -0.456 e. The van der Waals surface area contributed by atoms with Crippen LogP contribution in [0.25, 0.3) is 0 Å². The monoisotopic (exact) mass is 287 g/mol. The lowest BCUT2D eigenvalue weighted by Crippen LogP contribution is -1.97. The van der Waals surface area contributed by atoms with E-state index in [-0.39, 0.29) is 12.3 Å². The number of benzene rings is 2. The third-order valence-electron chi connectivity index (χ3n) is 3.30. The van der Waals surface area contributed by atoms with Gasteiger partial charge in [-0.15, -0.1) is 0 Å². The van der Waals surface area contributed by atoms with Gasteiger partial charge in [0.2, 0.25) is 0 Å². The number of aliphatic hydroxyl groups is 1. The summed E-state index contributed by atoms with van der Waals surface area (Å²) in [5, 5.41) is 20.4. The molecule has 1 N–H and O–H groups in total. The molecule has 0 bridgehead atoms. The molecule has 0 heterocycles. The maximum Gasteiger partial charge on any atom is 0.276 e. The van der Waals surface area contributed by atoms with Crippen molar-refractivity contribution in [3.8, 4) is 11.5 Å². The zero-order chi connectivity index (χ0) is 15.6. The van der Waals surface area contributed by atoms with Crippen LogP contribution in [0, 0.1) is 30.9 Å². The molecule has 0 aromatic heterocycles. The molecule has 0 spiro atoms. The Morgan fingerprint density at radius 3 is 2.43 bits per heavy atom. The predicted octanol–water partition coefficient (Wildman–Crippen LogP) is 3.80. The van der Waals surface area contributed by atoms with Gasteiger partial charge < -0.3 is 9.84 Å². The number of rotatable bonds is 4. The lowest BCUT2D eigenvalue weighted by molar-refractivity contribution is -0.385. The maximum atomic E-state index is 11.0. The zero-order valence-corrected chi connectivity index (χ0v) is 12.2. The smallest absolute Gasteiger partial charge is 0.276 e. The fraction of sp³-hybridized carbons (Fsp3) is 0.250. The second-order valence-corrected chi connectivity index (χ2v) is 5.03. The van der Waals surface area contributed by atoms with E-state index in [4.69, 9.17) is 4.74 Å². The van der Waals surface area contributed by atoms with E-state index in [1.165, 1.54) is 6.07 Å². The molecule has 0 fully saturated rings. The summed E-state index contributed by atoms with van der Waals surface area (Å²) >= 11 is 0. The molecule has 0 aliphatic heterocycles. The van der Waals surface area contributed by atoms with Crippen molar-refractivity contribution < 1.29 is 14.8 Å². The van der Waals surface area contributed by atoms with Crippen molar-refractivity contribution in [3.05, 3.63) is 62.7 Å². The molecule has 5 nitrogen and oxygen atoms in total. The van der Waals surface area contributed by atoms with Crippen molar-refractivity contribution in [3.63, 3.8) is 0 Å². The Balaban J connectivity index is 2.44. The topological polar surface area (TPSA) is 72.6 Å². The molecule has 0 saturated heterocycles. The van der Waals surface area contributed by atoms with Crippen LogP contribution in [-0.2, 0) is 6.61 Å². The zero-order valence-electron chi connectivity index (χ0n) is 12.2. The highest BCUT2D eigenvalue weighted by atomic mass is 16.6. The van der Waals surface area contributed by atoms with Crippen LogP contribution in [0.1, 0.15) is 22.3 Å². The Morgan fingerprint density at radius 2 is 1.81 bits per heavy atom. The average molecular weight is 287 g/mol. The Labute approximate surface area is 123 Å². The summed E-state index contributed by atoms with van der Waals surface area (Å²) in [5.74, 6) is 0.926. The molecule has 5 heteroatoms. The van der Waals surface area contributed by atoms with Crippen molar-refractivity contribution in [1.29, 1.82) is 0 Å². The number of nitro groups is 1. The highest BCUT2D eigenvalue weighted by molar-refractivity contribution is 5.51. The standard InChI is InChI=1S/C16H17NO4/c1-10-4-5-15(13(6-10)9-18)21-16-8-14(17(19)20)11(2)7-12(16)3/h4-8,18H,9H2,1-3H3. The van der Waals surface area contributed by atoms with Crippen LogP contribution in [0.2, 0.25) is 0 Å². The van der Waals surface area contributed by atoms with Crippen LogP contribution in [-0.4, -0.2) is 10.0 Å². The number of hydrogen-bond donors (Lipinski definition) is 1. The van der Waals surface area contributed by atoms with E-state index in [1.54, 1.807) is 19.1 Å². The van der Waals surface area contributed by atoms with Crippen molar-refractivity contribution in [1.82, 2.24) is 0 Å². The average Bonchev–Trinajstić information content (AvgIpc) is 2.42. The molecule has 0 radical (unpaired) electrons. The van der Waals surface area contributed by atoms with Crippen LogP contribution in [0.5, 0.6) is 11.5 Å². The first kappa shape index (κ1) is 15.0. The van der Waals surface area contributed by atoms with Gasteiger partial charge in [0.05, 0.1) is 17.6 Å². The summed E-state index contributed by atoms with van der Waals surface area (Å²) in [7, 11) is 0. The predicted molar refractivity (Wildman–Crippen MR) is 79.7 cm³/mol. The van der Waals surface area contributed by atoms with Gasteiger partial charge in [-0.25, -0.2) is 0 Å². The highest BCUT2D eigenvalue weighted by Crippen LogP contribution is 2.33. The lowest BCUT2D eigenvalue weighted by atomic mass is 10.1. The van der Waals surface area contributed by atoms with Crippen molar-refractivity contribution >= 4 is 5.69 Å². The molecule has 0 aliphatic rings. The number of aliphatic hydroxyl groups excluding tert-OH is 1. The van der Waals surface area contributed by atoms with Crippen LogP contribution in [0.15, 0.2) is 30.3 Å². The van der Waals surface area contributed by atoms with Gasteiger partial charge in [0.15, 0.2) is 0 Å². The molecule has 2 aromatic carbocycles. The fourth-order valence-corrected chi connectivity index (χ4v) is 2.18. The Morgan fingerprint density at radius 1 is 1.10 bits per heavy atom. The molecule has 0 unspecified atom stereocenters. The SMILES string of the molecule is Cc1ccc(Oc2cc([N+](=O)[O-])c(C)cc2C)c(CO)c1. The summed E-state index contributed by atoms with van der Waals surface area (Å²) < 4.78 is 5.77. The maximum absolute atomic E-state index is 11.0. The van der Waals surface area contributed by atoms with E-state index in [9.17, 15) is 15.2 Å². The molecule has 0 amide bonds. The second-order valence-electron chi connectivity index (χ2n) is 5.03. The van der Waals surface area contributed by atoms with Gasteiger partial charge in [-0.1, -0.05) is 17.7 Å². The molecule has 110 valence electrons. The summed E-state index contributed by atoms with van der Waals surface area (Å²) in [6, 6.07) is 8.59. The summed E-state index contributed by atoms with van der Waals surface area (Å²) in [4.78, 5) is 10.6. The van der Waals surface area contributed by atoms with Crippen molar-refractivity contribution in [2.45, 2.75) is 27.4 Å². The first-order chi connectivity index (χ1) is 9.92. The number of aryl methyl sites for hydroxylation is 3. The van der Waals surface area contributed by atoms with E-state index in [1.807, 2.05) is 26.0 Å². The van der Waals surface area contributed by atoms with E-state index in [2.05, 4.69) is 0 Å². The van der Waals surface area contributed by atoms with Gasteiger partial charge >= 0.3 is 0 Å². The van der Waals surface area contributed by atoms with Gasteiger partial charge in [0.1, 0.15) is 11.5 Å². The molecule has 2 rings (SSSR count). The van der Waals surface area contributed by atoms with Gasteiger partial charge in [0.25, 0.3) is 5.69 Å². The molecular weight excluding hydrogens is 270 g/mol. The normalized spacial score (nSPS) is 10.5. The van der Waals surface area contributed by atoms with E-state index >= 15 is 0 Å². The van der Waals surface area contributed by atoms with Gasteiger partial charge in [0, 0.05) is 11.1 Å². The second kappa shape index (κ2) is 5.93. The number of hydrogen-bond acceptors (Lipinski definition) is 4. The minimum atomic E-state index is -0.427. The quantitative estimate of drug-likeness (QED) is 0.685. The third-order valence-corrected chi connectivity index (χ3v) is 3.30. The fourth-order valence-electron chi connectivity index (χ4n) is 2.18. The summed E-state index contributed by atoms with van der Waals surface area (Å²) in [6.45, 7) is 5.30.